The van der Waals surface area contributed by atoms with Crippen LogP contribution in [0.4, 0.5) is 0 Å². The van der Waals surface area contributed by atoms with E-state index in [1.165, 1.54) is 5.56 Å². The maximum Gasteiger partial charge on any atom is 0.253 e. The lowest BCUT2D eigenvalue weighted by atomic mass is 9.90. The minimum absolute atomic E-state index is 0.00534. The Hall–Kier alpha value is -2.96. The Kier molecular flexibility index (Phi) is 7.07. The van der Waals surface area contributed by atoms with Crippen molar-refractivity contribution in [1.29, 1.82) is 0 Å². The molecular weight excluding hydrogens is 426 g/mol. The molecule has 2 aliphatic rings. The van der Waals surface area contributed by atoms with Gasteiger partial charge >= 0.3 is 0 Å². The van der Waals surface area contributed by atoms with Crippen LogP contribution < -0.4 is 0 Å². The van der Waals surface area contributed by atoms with Gasteiger partial charge in [0.05, 0.1) is 13.2 Å². The van der Waals surface area contributed by atoms with E-state index in [1.807, 2.05) is 29.3 Å². The molecule has 2 fully saturated rings. The third kappa shape index (κ3) is 4.93. The molecular formula is C28H33N3O3. The first-order chi connectivity index (χ1) is 16.7. The SMILES string of the molecule is O=CCC(c1c[nH]c2ccc(C(=O)N3CCC(Cc4ccccc4)CC3)cc12)N1CCOCC1. The highest BCUT2D eigenvalue weighted by Gasteiger charge is 2.27. The molecule has 1 amide bonds. The number of ether oxygens (including phenoxy) is 1. The van der Waals surface area contributed by atoms with E-state index in [2.05, 4.69) is 40.2 Å². The van der Waals surface area contributed by atoms with E-state index in [0.29, 0.717) is 25.6 Å². The minimum Gasteiger partial charge on any atom is -0.379 e. The van der Waals surface area contributed by atoms with E-state index in [1.54, 1.807) is 0 Å². The van der Waals surface area contributed by atoms with Crippen molar-refractivity contribution >= 4 is 23.1 Å². The van der Waals surface area contributed by atoms with Crippen LogP contribution in [0.1, 0.15) is 46.8 Å². The number of rotatable bonds is 7. The number of carbonyl (C=O) groups excluding carboxylic acids is 2. The highest BCUT2D eigenvalue weighted by molar-refractivity contribution is 5.99. The van der Waals surface area contributed by atoms with Crippen molar-refractivity contribution in [2.45, 2.75) is 31.7 Å². The van der Waals surface area contributed by atoms with Gasteiger partial charge in [-0.1, -0.05) is 30.3 Å². The predicted octanol–water partition coefficient (Wildman–Crippen LogP) is 4.23. The number of likely N-dealkylation sites (tertiary alicyclic amines) is 1. The lowest BCUT2D eigenvalue weighted by Gasteiger charge is -2.33. The summed E-state index contributed by atoms with van der Waals surface area (Å²) in [5.74, 6) is 0.730. The fourth-order valence-corrected chi connectivity index (χ4v) is 5.47. The second-order valence-electron chi connectivity index (χ2n) is 9.50. The molecule has 5 rings (SSSR count). The summed E-state index contributed by atoms with van der Waals surface area (Å²) >= 11 is 0. The normalized spacial score (nSPS) is 18.8. The molecule has 0 radical (unpaired) electrons. The molecule has 2 saturated heterocycles. The Bertz CT molecular complexity index is 1110. The van der Waals surface area contributed by atoms with Crippen LogP contribution in [-0.4, -0.2) is 66.4 Å². The molecule has 34 heavy (non-hydrogen) atoms. The van der Waals surface area contributed by atoms with Crippen LogP contribution in [0.5, 0.6) is 0 Å². The number of fused-ring (bicyclic) bond motifs is 1. The molecule has 1 unspecified atom stereocenters. The summed E-state index contributed by atoms with van der Waals surface area (Å²) in [5, 5.41) is 1.03. The van der Waals surface area contributed by atoms with E-state index < -0.39 is 0 Å². The Morgan fingerprint density at radius 3 is 2.56 bits per heavy atom. The molecule has 3 heterocycles. The van der Waals surface area contributed by atoms with Crippen molar-refractivity contribution in [2.75, 3.05) is 39.4 Å². The number of amides is 1. The van der Waals surface area contributed by atoms with Gasteiger partial charge in [-0.3, -0.25) is 9.69 Å². The van der Waals surface area contributed by atoms with Crippen LogP contribution in [0.25, 0.3) is 10.9 Å². The minimum atomic E-state index is -0.00534. The molecule has 0 saturated carbocycles. The molecule has 0 spiro atoms. The van der Waals surface area contributed by atoms with Crippen LogP contribution >= 0.6 is 0 Å². The lowest BCUT2D eigenvalue weighted by molar-refractivity contribution is -0.109. The van der Waals surface area contributed by atoms with Gasteiger partial charge < -0.3 is 19.4 Å². The molecule has 0 bridgehead atoms. The Morgan fingerprint density at radius 2 is 1.82 bits per heavy atom. The Morgan fingerprint density at radius 1 is 1.06 bits per heavy atom. The van der Waals surface area contributed by atoms with E-state index in [0.717, 1.165) is 73.8 Å². The zero-order valence-electron chi connectivity index (χ0n) is 19.6. The number of nitrogens with one attached hydrogen (secondary N) is 1. The zero-order valence-corrected chi connectivity index (χ0v) is 19.6. The number of aromatic nitrogens is 1. The number of hydrogen-bond acceptors (Lipinski definition) is 4. The first-order valence-corrected chi connectivity index (χ1v) is 12.4. The predicted molar refractivity (Wildman–Crippen MR) is 133 cm³/mol. The van der Waals surface area contributed by atoms with Gasteiger partial charge in [-0.05, 0) is 54.5 Å². The average molecular weight is 460 g/mol. The van der Waals surface area contributed by atoms with Gasteiger partial charge in [0.2, 0.25) is 0 Å². The molecule has 6 nitrogen and oxygen atoms in total. The van der Waals surface area contributed by atoms with Crippen LogP contribution in [0.3, 0.4) is 0 Å². The lowest BCUT2D eigenvalue weighted by Crippen LogP contribution is -2.39. The number of benzene rings is 2. The number of H-pyrrole nitrogens is 1. The fourth-order valence-electron chi connectivity index (χ4n) is 5.47. The van der Waals surface area contributed by atoms with E-state index in [4.69, 9.17) is 4.74 Å². The number of hydrogen-bond donors (Lipinski definition) is 1. The summed E-state index contributed by atoms with van der Waals surface area (Å²) < 4.78 is 5.50. The van der Waals surface area contributed by atoms with Crippen LogP contribution in [0.15, 0.2) is 54.7 Å². The highest BCUT2D eigenvalue weighted by Crippen LogP contribution is 2.32. The summed E-state index contributed by atoms with van der Waals surface area (Å²) in [5.41, 5.74) is 4.18. The highest BCUT2D eigenvalue weighted by atomic mass is 16.5. The number of carbonyl (C=O) groups is 2. The summed E-state index contributed by atoms with van der Waals surface area (Å²) in [7, 11) is 0. The van der Waals surface area contributed by atoms with Crippen molar-refractivity contribution in [3.8, 4) is 0 Å². The standard InChI is InChI=1S/C28H33N3O3/c32-15-10-27(30-13-16-34-17-14-30)25-20-29-26-7-6-23(19-24(25)26)28(33)31-11-8-22(9-12-31)18-21-4-2-1-3-5-21/h1-7,15,19-20,22,27,29H,8-14,16-18H2. The largest absolute Gasteiger partial charge is 0.379 e. The molecule has 1 N–H and O–H groups in total. The second kappa shape index (κ2) is 10.5. The molecule has 0 aliphatic carbocycles. The van der Waals surface area contributed by atoms with Crippen molar-refractivity contribution in [1.82, 2.24) is 14.8 Å². The molecule has 1 aromatic heterocycles. The van der Waals surface area contributed by atoms with Gasteiger partial charge in [0, 0.05) is 61.3 Å². The van der Waals surface area contributed by atoms with E-state index >= 15 is 0 Å². The van der Waals surface area contributed by atoms with Crippen molar-refractivity contribution in [3.63, 3.8) is 0 Å². The first-order valence-electron chi connectivity index (χ1n) is 12.4. The van der Waals surface area contributed by atoms with Crippen molar-refractivity contribution in [3.05, 3.63) is 71.4 Å². The number of piperidine rings is 1. The number of morpholine rings is 1. The number of aldehydes is 1. The van der Waals surface area contributed by atoms with Gasteiger partial charge in [0.25, 0.3) is 5.91 Å². The van der Waals surface area contributed by atoms with Crippen LogP contribution in [0.2, 0.25) is 0 Å². The third-order valence-electron chi connectivity index (χ3n) is 7.39. The topological polar surface area (TPSA) is 65.6 Å². The summed E-state index contributed by atoms with van der Waals surface area (Å²) in [6.45, 7) is 4.58. The number of nitrogens with zero attached hydrogens (tertiary/aromatic N) is 2. The maximum atomic E-state index is 13.4. The zero-order chi connectivity index (χ0) is 23.3. The van der Waals surface area contributed by atoms with Gasteiger partial charge in [-0.25, -0.2) is 0 Å². The molecule has 1 atom stereocenters. The van der Waals surface area contributed by atoms with Gasteiger partial charge in [0.1, 0.15) is 6.29 Å². The van der Waals surface area contributed by atoms with E-state index in [9.17, 15) is 9.59 Å². The quantitative estimate of drug-likeness (QED) is 0.537. The smallest absolute Gasteiger partial charge is 0.253 e. The van der Waals surface area contributed by atoms with Gasteiger partial charge in [0.15, 0.2) is 0 Å². The third-order valence-corrected chi connectivity index (χ3v) is 7.39. The van der Waals surface area contributed by atoms with Crippen LogP contribution in [0, 0.1) is 5.92 Å². The van der Waals surface area contributed by atoms with Crippen molar-refractivity contribution in [2.24, 2.45) is 5.92 Å². The molecule has 6 heteroatoms. The monoisotopic (exact) mass is 459 g/mol. The molecule has 2 aliphatic heterocycles. The summed E-state index contributed by atoms with van der Waals surface area (Å²) in [6.07, 6.45) is 6.58. The van der Waals surface area contributed by atoms with E-state index in [-0.39, 0.29) is 11.9 Å². The summed E-state index contributed by atoms with van der Waals surface area (Å²) in [6, 6.07) is 16.5. The number of aromatic amines is 1. The van der Waals surface area contributed by atoms with Gasteiger partial charge in [-0.15, -0.1) is 0 Å². The molecule has 3 aromatic rings. The van der Waals surface area contributed by atoms with Crippen LogP contribution in [-0.2, 0) is 16.0 Å². The fraction of sp³-hybridized carbons (Fsp3) is 0.429. The second-order valence-corrected chi connectivity index (χ2v) is 9.50. The summed E-state index contributed by atoms with van der Waals surface area (Å²) in [4.78, 5) is 32.5. The Labute approximate surface area is 200 Å². The molecule has 178 valence electrons. The average Bonchev–Trinajstić information content (AvgIpc) is 3.31. The first kappa shape index (κ1) is 22.8. The van der Waals surface area contributed by atoms with Crippen molar-refractivity contribution < 1.29 is 14.3 Å². The Balaban J connectivity index is 1.30. The van der Waals surface area contributed by atoms with Gasteiger partial charge in [-0.2, -0.15) is 0 Å². The maximum absolute atomic E-state index is 13.4. The molecule has 2 aromatic carbocycles.